The zero-order chi connectivity index (χ0) is 13.7. The van der Waals surface area contributed by atoms with Crippen molar-refractivity contribution in [3.8, 4) is 0 Å². The molecule has 0 amide bonds. The van der Waals surface area contributed by atoms with Gasteiger partial charge in [-0.25, -0.2) is 13.6 Å². The van der Waals surface area contributed by atoms with E-state index in [-0.39, 0.29) is 10.6 Å². The molecule has 1 atom stereocenters. The third-order valence-electron chi connectivity index (χ3n) is 4.34. The lowest BCUT2D eigenvalue weighted by molar-refractivity contribution is 0.229. The van der Waals surface area contributed by atoms with E-state index in [0.29, 0.717) is 0 Å². The van der Waals surface area contributed by atoms with Crippen LogP contribution in [0.2, 0.25) is 0 Å². The van der Waals surface area contributed by atoms with Crippen LogP contribution >= 0.6 is 0 Å². The Morgan fingerprint density at radius 2 is 2.16 bits per heavy atom. The smallest absolute Gasteiger partial charge is 0.253 e. The molecule has 1 spiro atoms. The van der Waals surface area contributed by atoms with Crippen molar-refractivity contribution in [2.75, 3.05) is 25.0 Å². The molecule has 1 fully saturated rings. The number of nitrogens with two attached hydrogens (primary N) is 1. The minimum Gasteiger partial charge on any atom is -0.373 e. The second kappa shape index (κ2) is 4.22. The highest BCUT2D eigenvalue weighted by atomic mass is 32.2. The number of nitrogens with one attached hydrogen (secondary N) is 2. The van der Waals surface area contributed by atoms with Gasteiger partial charge in [0.15, 0.2) is 0 Å². The highest BCUT2D eigenvalue weighted by Gasteiger charge is 2.41. The fraction of sp³-hybridized carbons (Fsp3) is 0.667. The fourth-order valence-corrected chi connectivity index (χ4v) is 3.76. The molecule has 19 heavy (non-hydrogen) atoms. The Labute approximate surface area is 113 Å². The summed E-state index contributed by atoms with van der Waals surface area (Å²) in [4.78, 5) is 5.13. The van der Waals surface area contributed by atoms with Crippen LogP contribution in [-0.4, -0.2) is 33.5 Å². The van der Waals surface area contributed by atoms with Crippen molar-refractivity contribution < 1.29 is 8.42 Å². The number of aromatic nitrogens is 1. The second-order valence-electron chi connectivity index (χ2n) is 5.58. The monoisotopic (exact) mass is 284 g/mol. The van der Waals surface area contributed by atoms with Gasteiger partial charge < -0.3 is 15.2 Å². The SMILES string of the molecule is CN1CCC2(CCCCN2)c2[nH]c(S(N)(=O)=O)cc21. The van der Waals surface area contributed by atoms with Crippen molar-refractivity contribution in [1.29, 1.82) is 0 Å². The van der Waals surface area contributed by atoms with Crippen LogP contribution in [-0.2, 0) is 15.6 Å². The van der Waals surface area contributed by atoms with Crippen LogP contribution in [0.4, 0.5) is 5.69 Å². The fourth-order valence-electron chi connectivity index (χ4n) is 3.24. The van der Waals surface area contributed by atoms with Gasteiger partial charge in [-0.05, 0) is 38.3 Å². The van der Waals surface area contributed by atoms with Gasteiger partial charge in [0.05, 0.1) is 16.9 Å². The molecule has 2 aliphatic heterocycles. The van der Waals surface area contributed by atoms with E-state index < -0.39 is 10.0 Å². The van der Waals surface area contributed by atoms with Crippen molar-refractivity contribution in [3.05, 3.63) is 11.8 Å². The summed E-state index contributed by atoms with van der Waals surface area (Å²) in [6.45, 7) is 1.90. The van der Waals surface area contributed by atoms with Gasteiger partial charge in [0.2, 0.25) is 0 Å². The number of H-pyrrole nitrogens is 1. The molecule has 1 aromatic rings. The first-order valence-electron chi connectivity index (χ1n) is 6.65. The molecule has 0 aromatic carbocycles. The predicted octanol–water partition coefficient (Wildman–Crippen LogP) is 0.471. The quantitative estimate of drug-likeness (QED) is 0.699. The zero-order valence-corrected chi connectivity index (χ0v) is 11.9. The number of hydrogen-bond donors (Lipinski definition) is 3. The summed E-state index contributed by atoms with van der Waals surface area (Å²) in [6, 6.07) is 1.65. The van der Waals surface area contributed by atoms with Gasteiger partial charge in [-0.1, -0.05) is 0 Å². The average Bonchev–Trinajstić information content (AvgIpc) is 2.82. The molecule has 0 saturated carbocycles. The van der Waals surface area contributed by atoms with E-state index in [4.69, 9.17) is 5.14 Å². The van der Waals surface area contributed by atoms with Crippen LogP contribution in [0.1, 0.15) is 31.4 Å². The molecule has 7 heteroatoms. The van der Waals surface area contributed by atoms with E-state index in [1.165, 1.54) is 12.8 Å². The molecule has 4 N–H and O–H groups in total. The lowest BCUT2D eigenvalue weighted by Gasteiger charge is -2.44. The maximum absolute atomic E-state index is 11.5. The molecule has 0 bridgehead atoms. The third kappa shape index (κ3) is 2.05. The highest BCUT2D eigenvalue weighted by Crippen LogP contribution is 2.42. The normalized spacial score (nSPS) is 27.6. The third-order valence-corrected chi connectivity index (χ3v) is 5.17. The average molecular weight is 284 g/mol. The van der Waals surface area contributed by atoms with Crippen LogP contribution in [0.3, 0.4) is 0 Å². The van der Waals surface area contributed by atoms with E-state index in [9.17, 15) is 8.42 Å². The number of hydrogen-bond acceptors (Lipinski definition) is 4. The standard InChI is InChI=1S/C12H20N4O2S/c1-16-7-5-12(4-2-3-6-14-12)11-9(16)8-10(15-11)19(13,17)18/h8,14-15H,2-7H2,1H3,(H2,13,17,18). The van der Waals surface area contributed by atoms with E-state index in [1.54, 1.807) is 6.07 Å². The summed E-state index contributed by atoms with van der Waals surface area (Å²) < 4.78 is 23.1. The molecule has 0 aliphatic carbocycles. The van der Waals surface area contributed by atoms with Crippen LogP contribution < -0.4 is 15.4 Å². The molecular weight excluding hydrogens is 264 g/mol. The molecule has 1 saturated heterocycles. The lowest BCUT2D eigenvalue weighted by atomic mass is 9.80. The van der Waals surface area contributed by atoms with Gasteiger partial charge in [-0.15, -0.1) is 0 Å². The molecule has 1 unspecified atom stereocenters. The Morgan fingerprint density at radius 3 is 2.79 bits per heavy atom. The number of piperidine rings is 1. The largest absolute Gasteiger partial charge is 0.373 e. The topological polar surface area (TPSA) is 91.2 Å². The van der Waals surface area contributed by atoms with Crippen molar-refractivity contribution in [3.63, 3.8) is 0 Å². The number of nitrogens with zero attached hydrogens (tertiary/aromatic N) is 1. The van der Waals surface area contributed by atoms with E-state index in [2.05, 4.69) is 15.2 Å². The van der Waals surface area contributed by atoms with Crippen LogP contribution in [0.25, 0.3) is 0 Å². The number of fused-ring (bicyclic) bond motifs is 2. The Hall–Kier alpha value is -1.05. The highest BCUT2D eigenvalue weighted by molar-refractivity contribution is 7.89. The van der Waals surface area contributed by atoms with Gasteiger partial charge >= 0.3 is 0 Å². The summed E-state index contributed by atoms with van der Waals surface area (Å²) in [5.41, 5.74) is 1.82. The number of sulfonamides is 1. The Morgan fingerprint density at radius 1 is 1.37 bits per heavy atom. The Kier molecular flexibility index (Phi) is 2.88. The minimum absolute atomic E-state index is 0.108. The van der Waals surface area contributed by atoms with Crippen molar-refractivity contribution >= 4 is 15.7 Å². The number of anilines is 1. The lowest BCUT2D eigenvalue weighted by Crippen LogP contribution is -2.51. The second-order valence-corrected chi connectivity index (χ2v) is 7.11. The molecule has 6 nitrogen and oxygen atoms in total. The number of rotatable bonds is 1. The first-order chi connectivity index (χ1) is 8.92. The maximum Gasteiger partial charge on any atom is 0.253 e. The first kappa shape index (κ1) is 13.0. The summed E-state index contributed by atoms with van der Waals surface area (Å²) in [5.74, 6) is 0. The minimum atomic E-state index is -3.69. The van der Waals surface area contributed by atoms with Gasteiger partial charge in [-0.3, -0.25) is 0 Å². The van der Waals surface area contributed by atoms with E-state index >= 15 is 0 Å². The summed E-state index contributed by atoms with van der Waals surface area (Å²) in [7, 11) is -1.70. The molecular formula is C12H20N4O2S. The number of aromatic amines is 1. The summed E-state index contributed by atoms with van der Waals surface area (Å²) >= 11 is 0. The summed E-state index contributed by atoms with van der Waals surface area (Å²) in [6.07, 6.45) is 4.37. The van der Waals surface area contributed by atoms with Crippen molar-refractivity contribution in [1.82, 2.24) is 10.3 Å². The van der Waals surface area contributed by atoms with Gasteiger partial charge in [0.25, 0.3) is 10.0 Å². The van der Waals surface area contributed by atoms with Gasteiger partial charge in [-0.2, -0.15) is 0 Å². The Bertz CT molecular complexity index is 587. The van der Waals surface area contributed by atoms with E-state index in [1.807, 2.05) is 7.05 Å². The molecule has 2 aliphatic rings. The van der Waals surface area contributed by atoms with E-state index in [0.717, 1.165) is 37.3 Å². The zero-order valence-electron chi connectivity index (χ0n) is 11.1. The maximum atomic E-state index is 11.5. The van der Waals surface area contributed by atoms with Crippen LogP contribution in [0.15, 0.2) is 11.1 Å². The van der Waals surface area contributed by atoms with Crippen molar-refractivity contribution in [2.24, 2.45) is 5.14 Å². The number of primary sulfonamides is 1. The van der Waals surface area contributed by atoms with Crippen LogP contribution in [0, 0.1) is 0 Å². The molecule has 0 radical (unpaired) electrons. The van der Waals surface area contributed by atoms with Crippen LogP contribution in [0.5, 0.6) is 0 Å². The van der Waals surface area contributed by atoms with Crippen molar-refractivity contribution in [2.45, 2.75) is 36.2 Å². The van der Waals surface area contributed by atoms with Gasteiger partial charge in [0.1, 0.15) is 5.03 Å². The first-order valence-corrected chi connectivity index (χ1v) is 8.19. The molecule has 1 aromatic heterocycles. The molecule has 106 valence electrons. The van der Waals surface area contributed by atoms with Gasteiger partial charge in [0, 0.05) is 13.6 Å². The Balaban J connectivity index is 2.12. The summed E-state index contributed by atoms with van der Waals surface area (Å²) in [5, 5.41) is 8.93. The predicted molar refractivity (Wildman–Crippen MR) is 73.6 cm³/mol. The molecule has 3 rings (SSSR count). The molecule has 3 heterocycles.